The van der Waals surface area contributed by atoms with Gasteiger partial charge in [0, 0.05) is 36.2 Å². The lowest BCUT2D eigenvalue weighted by Gasteiger charge is -2.31. The van der Waals surface area contributed by atoms with Crippen LogP contribution in [0.2, 0.25) is 0 Å². The minimum absolute atomic E-state index is 0.136. The van der Waals surface area contributed by atoms with Crippen molar-refractivity contribution in [3.8, 4) is 0 Å². The molecule has 0 aliphatic carbocycles. The number of pyridine rings is 1. The SMILES string of the molecule is COCCn1nnnc1[C@@H](c1cc2cc(C)c(C)cc2[nH]c1=O)N(CCc1ccccc1)Cc1cccs1. The molecule has 0 aliphatic rings. The Morgan fingerprint density at radius 1 is 1.08 bits per heavy atom. The molecule has 2 aromatic carbocycles. The van der Waals surface area contributed by atoms with E-state index < -0.39 is 6.04 Å². The number of methoxy groups -OCH3 is 1. The highest BCUT2D eigenvalue weighted by Gasteiger charge is 2.31. The number of nitrogens with zero attached hydrogens (tertiary/aromatic N) is 5. The Morgan fingerprint density at radius 2 is 1.89 bits per heavy atom. The van der Waals surface area contributed by atoms with E-state index in [1.165, 1.54) is 16.0 Å². The van der Waals surface area contributed by atoms with Crippen molar-refractivity contribution in [1.29, 1.82) is 0 Å². The zero-order valence-electron chi connectivity index (χ0n) is 21.9. The molecule has 38 heavy (non-hydrogen) atoms. The first-order valence-electron chi connectivity index (χ1n) is 12.7. The number of H-pyrrole nitrogens is 1. The molecule has 9 heteroatoms. The first-order chi connectivity index (χ1) is 18.5. The van der Waals surface area contributed by atoms with Crippen molar-refractivity contribution in [3.05, 3.63) is 109 Å². The summed E-state index contributed by atoms with van der Waals surface area (Å²) in [6.07, 6.45) is 0.826. The minimum atomic E-state index is -0.456. The first kappa shape index (κ1) is 26.0. The number of aryl methyl sites for hydroxylation is 2. The average molecular weight is 529 g/mol. The summed E-state index contributed by atoms with van der Waals surface area (Å²) in [6.45, 7) is 6.48. The molecule has 0 amide bonds. The molecule has 0 saturated carbocycles. The van der Waals surface area contributed by atoms with E-state index in [1.54, 1.807) is 23.1 Å². The van der Waals surface area contributed by atoms with Crippen molar-refractivity contribution in [2.24, 2.45) is 0 Å². The van der Waals surface area contributed by atoms with Gasteiger partial charge in [0.1, 0.15) is 6.04 Å². The molecule has 0 radical (unpaired) electrons. The van der Waals surface area contributed by atoms with Gasteiger partial charge in [-0.1, -0.05) is 36.4 Å². The third kappa shape index (κ3) is 5.75. The van der Waals surface area contributed by atoms with Gasteiger partial charge in [-0.3, -0.25) is 9.69 Å². The Morgan fingerprint density at radius 3 is 2.66 bits per heavy atom. The summed E-state index contributed by atoms with van der Waals surface area (Å²) in [5, 5.41) is 15.8. The van der Waals surface area contributed by atoms with Crippen LogP contribution in [0.15, 0.2) is 70.8 Å². The number of tetrazole rings is 1. The number of benzene rings is 2. The maximum Gasteiger partial charge on any atom is 0.253 e. The van der Waals surface area contributed by atoms with Gasteiger partial charge in [0.2, 0.25) is 0 Å². The van der Waals surface area contributed by atoms with E-state index in [-0.39, 0.29) is 5.56 Å². The lowest BCUT2D eigenvalue weighted by Crippen LogP contribution is -2.36. The average Bonchev–Trinajstić information content (AvgIpc) is 3.60. The number of fused-ring (bicyclic) bond motifs is 1. The van der Waals surface area contributed by atoms with Crippen molar-refractivity contribution >= 4 is 22.2 Å². The van der Waals surface area contributed by atoms with E-state index in [9.17, 15) is 4.79 Å². The summed E-state index contributed by atoms with van der Waals surface area (Å²) in [5.41, 5.74) is 4.87. The smallest absolute Gasteiger partial charge is 0.253 e. The van der Waals surface area contributed by atoms with E-state index >= 15 is 0 Å². The van der Waals surface area contributed by atoms with Gasteiger partial charge in [-0.25, -0.2) is 4.68 Å². The zero-order valence-corrected chi connectivity index (χ0v) is 22.7. The van der Waals surface area contributed by atoms with Gasteiger partial charge in [-0.15, -0.1) is 16.4 Å². The monoisotopic (exact) mass is 528 g/mol. The Kier molecular flexibility index (Phi) is 8.07. The van der Waals surface area contributed by atoms with Crippen LogP contribution in [0.5, 0.6) is 0 Å². The number of thiophene rings is 1. The summed E-state index contributed by atoms with van der Waals surface area (Å²) < 4.78 is 7.07. The topological polar surface area (TPSA) is 88.9 Å². The molecule has 5 rings (SSSR count). The highest BCUT2D eigenvalue weighted by molar-refractivity contribution is 7.09. The maximum atomic E-state index is 13.7. The van der Waals surface area contributed by atoms with Crippen molar-refractivity contribution in [3.63, 3.8) is 0 Å². The van der Waals surface area contributed by atoms with Crippen molar-refractivity contribution in [2.45, 2.75) is 39.4 Å². The van der Waals surface area contributed by atoms with E-state index in [0.29, 0.717) is 37.6 Å². The van der Waals surface area contributed by atoms with E-state index in [1.807, 2.05) is 18.2 Å². The summed E-state index contributed by atoms with van der Waals surface area (Å²) in [6, 6.07) is 20.3. The van der Waals surface area contributed by atoms with Gasteiger partial charge >= 0.3 is 0 Å². The highest BCUT2D eigenvalue weighted by atomic mass is 32.1. The molecule has 0 spiro atoms. The quantitative estimate of drug-likeness (QED) is 0.268. The minimum Gasteiger partial charge on any atom is -0.383 e. The molecule has 1 atom stereocenters. The largest absolute Gasteiger partial charge is 0.383 e. The number of ether oxygens (including phenoxy) is 1. The molecule has 3 heterocycles. The Balaban J connectivity index is 1.64. The molecule has 8 nitrogen and oxygen atoms in total. The normalized spacial score (nSPS) is 12.4. The number of hydrogen-bond acceptors (Lipinski definition) is 7. The fourth-order valence-electron chi connectivity index (χ4n) is 4.76. The lowest BCUT2D eigenvalue weighted by atomic mass is 10.00. The van der Waals surface area contributed by atoms with E-state index in [2.05, 4.69) is 87.1 Å². The van der Waals surface area contributed by atoms with Gasteiger partial charge in [-0.05, 0) is 82.4 Å². The van der Waals surface area contributed by atoms with Crippen molar-refractivity contribution in [1.82, 2.24) is 30.1 Å². The van der Waals surface area contributed by atoms with Crippen LogP contribution < -0.4 is 5.56 Å². The van der Waals surface area contributed by atoms with Crippen LogP contribution in [0.1, 0.15) is 39.0 Å². The zero-order chi connectivity index (χ0) is 26.5. The van der Waals surface area contributed by atoms with E-state index in [0.717, 1.165) is 22.9 Å². The second-order valence-corrected chi connectivity index (χ2v) is 10.6. The van der Waals surface area contributed by atoms with Gasteiger partial charge in [0.25, 0.3) is 5.56 Å². The number of nitrogens with one attached hydrogen (secondary N) is 1. The molecule has 0 bridgehead atoms. The van der Waals surface area contributed by atoms with Gasteiger partial charge in [0.15, 0.2) is 5.82 Å². The van der Waals surface area contributed by atoms with Crippen LogP contribution in [-0.4, -0.2) is 50.4 Å². The fraction of sp³-hybridized carbons (Fsp3) is 0.310. The van der Waals surface area contributed by atoms with Crippen LogP contribution in [0.25, 0.3) is 10.9 Å². The number of hydrogen-bond donors (Lipinski definition) is 1. The molecule has 0 fully saturated rings. The Hall–Kier alpha value is -3.66. The molecule has 0 saturated heterocycles. The molecule has 196 valence electrons. The number of aromatic amines is 1. The third-order valence-corrected chi connectivity index (χ3v) is 7.79. The highest BCUT2D eigenvalue weighted by Crippen LogP contribution is 2.30. The summed E-state index contributed by atoms with van der Waals surface area (Å²) in [4.78, 5) is 20.3. The van der Waals surface area contributed by atoms with Crippen LogP contribution >= 0.6 is 11.3 Å². The van der Waals surface area contributed by atoms with E-state index in [4.69, 9.17) is 4.74 Å². The summed E-state index contributed by atoms with van der Waals surface area (Å²) in [5.74, 6) is 0.625. The van der Waals surface area contributed by atoms with Crippen LogP contribution in [-0.2, 0) is 24.2 Å². The van der Waals surface area contributed by atoms with Gasteiger partial charge < -0.3 is 9.72 Å². The predicted octanol–water partition coefficient (Wildman–Crippen LogP) is 4.67. The van der Waals surface area contributed by atoms with Crippen LogP contribution in [0, 0.1) is 13.8 Å². The standard InChI is InChI=1S/C29H32N6O2S/c1-20-16-23-18-25(29(36)30-26(23)17-21(20)2)27(28-31-32-33-35(28)13-14-37-3)34(19-24-10-7-15-38-24)12-11-22-8-5-4-6-9-22/h4-10,15-18,27H,11-14,19H2,1-3H3,(H,30,36)/t27-/m1/s1. The summed E-state index contributed by atoms with van der Waals surface area (Å²) in [7, 11) is 1.66. The van der Waals surface area contributed by atoms with Crippen LogP contribution in [0.3, 0.4) is 0 Å². The van der Waals surface area contributed by atoms with Gasteiger partial charge in [-0.2, -0.15) is 0 Å². The Bertz CT molecular complexity index is 1540. The second-order valence-electron chi connectivity index (χ2n) is 9.52. The predicted molar refractivity (Wildman–Crippen MR) is 150 cm³/mol. The van der Waals surface area contributed by atoms with Crippen molar-refractivity contribution < 1.29 is 4.74 Å². The lowest BCUT2D eigenvalue weighted by molar-refractivity contribution is 0.172. The maximum absolute atomic E-state index is 13.7. The van der Waals surface area contributed by atoms with Crippen molar-refractivity contribution in [2.75, 3.05) is 20.3 Å². The fourth-order valence-corrected chi connectivity index (χ4v) is 5.49. The third-order valence-electron chi connectivity index (χ3n) is 6.93. The molecule has 0 unspecified atom stereocenters. The molecule has 5 aromatic rings. The molecule has 0 aliphatic heterocycles. The number of aromatic nitrogens is 5. The van der Waals surface area contributed by atoms with Crippen LogP contribution in [0.4, 0.5) is 0 Å². The second kappa shape index (κ2) is 11.8. The summed E-state index contributed by atoms with van der Waals surface area (Å²) >= 11 is 1.71. The molecule has 1 N–H and O–H groups in total. The molecular weight excluding hydrogens is 496 g/mol. The molecule has 3 aromatic heterocycles. The van der Waals surface area contributed by atoms with Gasteiger partial charge in [0.05, 0.1) is 13.2 Å². The first-order valence-corrected chi connectivity index (χ1v) is 13.6. The molecular formula is C29H32N6O2S. The number of rotatable bonds is 11. The Labute approximate surface area is 225 Å².